The van der Waals surface area contributed by atoms with Crippen molar-refractivity contribution in [3.05, 3.63) is 18.2 Å². The van der Waals surface area contributed by atoms with Gasteiger partial charge >= 0.3 is 6.09 Å². The molecule has 11 nitrogen and oxygen atoms in total. The fourth-order valence-electron chi connectivity index (χ4n) is 5.57. The Balaban J connectivity index is 1.59. The van der Waals surface area contributed by atoms with Gasteiger partial charge in [0.2, 0.25) is 11.8 Å². The number of ether oxygens (including phenoxy) is 3. The highest BCUT2D eigenvalue weighted by Gasteiger charge is 2.43. The number of likely N-dealkylation sites (tertiary alicyclic amines) is 1. The zero-order valence-electron chi connectivity index (χ0n) is 26.5. The molecule has 0 radical (unpaired) electrons. The van der Waals surface area contributed by atoms with E-state index >= 15 is 0 Å². The first kappa shape index (κ1) is 32.6. The summed E-state index contributed by atoms with van der Waals surface area (Å²) in [6.45, 7) is 11.5. The maximum atomic E-state index is 14.3. The van der Waals surface area contributed by atoms with Gasteiger partial charge in [0.25, 0.3) is 5.91 Å². The molecular formula is C32H48N4O7. The number of nitrogens with one attached hydrogen (secondary N) is 1. The van der Waals surface area contributed by atoms with E-state index in [0.29, 0.717) is 55.6 Å². The number of fused-ring (bicyclic) bond motifs is 1. The Morgan fingerprint density at radius 3 is 2.51 bits per heavy atom. The summed E-state index contributed by atoms with van der Waals surface area (Å²) in [4.78, 5) is 58.5. The first-order chi connectivity index (χ1) is 20.4. The van der Waals surface area contributed by atoms with Crippen LogP contribution < -0.4 is 19.9 Å². The normalized spacial score (nSPS) is 20.4. The summed E-state index contributed by atoms with van der Waals surface area (Å²) in [5.41, 5.74) is 0.597. The van der Waals surface area contributed by atoms with Gasteiger partial charge in [0.1, 0.15) is 11.4 Å². The molecule has 1 aromatic carbocycles. The number of nitrogens with zero attached hydrogens (tertiary/aromatic N) is 3. The molecule has 0 aromatic heterocycles. The average molecular weight is 601 g/mol. The van der Waals surface area contributed by atoms with Crippen LogP contribution in [-0.2, 0) is 23.9 Å². The lowest BCUT2D eigenvalue weighted by Crippen LogP contribution is -2.54. The van der Waals surface area contributed by atoms with Gasteiger partial charge < -0.3 is 34.2 Å². The van der Waals surface area contributed by atoms with Gasteiger partial charge in [0.15, 0.2) is 6.61 Å². The van der Waals surface area contributed by atoms with Crippen molar-refractivity contribution in [3.63, 3.8) is 0 Å². The number of anilines is 2. The maximum absolute atomic E-state index is 14.3. The van der Waals surface area contributed by atoms with Crippen molar-refractivity contribution in [3.8, 4) is 5.75 Å². The number of amides is 4. The number of rotatable bonds is 11. The summed E-state index contributed by atoms with van der Waals surface area (Å²) < 4.78 is 16.5. The molecule has 1 saturated carbocycles. The third-order valence-corrected chi connectivity index (χ3v) is 7.89. The average Bonchev–Trinajstić information content (AvgIpc) is 3.78. The maximum Gasteiger partial charge on any atom is 0.410 e. The van der Waals surface area contributed by atoms with Crippen LogP contribution >= 0.6 is 0 Å². The van der Waals surface area contributed by atoms with Crippen molar-refractivity contribution in [2.75, 3.05) is 56.3 Å². The van der Waals surface area contributed by atoms with Gasteiger partial charge in [0.05, 0.1) is 17.5 Å². The minimum atomic E-state index is -0.707. The van der Waals surface area contributed by atoms with Gasteiger partial charge in [-0.25, -0.2) is 4.79 Å². The number of hydrogen-bond acceptors (Lipinski definition) is 7. The van der Waals surface area contributed by atoms with Crippen LogP contribution in [-0.4, -0.2) is 86.9 Å². The molecule has 3 aliphatic rings. The monoisotopic (exact) mass is 600 g/mol. The summed E-state index contributed by atoms with van der Waals surface area (Å²) in [6, 6.07) is 5.52. The molecule has 1 aliphatic carbocycles. The van der Waals surface area contributed by atoms with E-state index < -0.39 is 23.5 Å². The van der Waals surface area contributed by atoms with Gasteiger partial charge in [-0.1, -0.05) is 13.8 Å². The van der Waals surface area contributed by atoms with Crippen molar-refractivity contribution in [1.82, 2.24) is 10.2 Å². The number of piperidine rings is 1. The topological polar surface area (TPSA) is 118 Å². The molecular weight excluding hydrogens is 552 g/mol. The lowest BCUT2D eigenvalue weighted by molar-refractivity contribution is -0.130. The standard InChI is InChI=1S/C32H48N4O7/c1-21(2)12-13-33-29(38)22-16-23(19-34(18-22)31(40)43-32(3,4)5)30(39)36(24-8-9-24)25-10-11-27-26(17-25)35(14-7-15-41-6)28(37)20-42-27/h10-11,17,21-24H,7-9,12-16,18-20H2,1-6H3,(H,33,38)/t22-,23-/m0/s1. The van der Waals surface area contributed by atoms with Crippen molar-refractivity contribution < 1.29 is 33.4 Å². The molecule has 1 saturated heterocycles. The number of carbonyl (C=O) groups is 4. The van der Waals surface area contributed by atoms with E-state index in [0.717, 1.165) is 19.3 Å². The van der Waals surface area contributed by atoms with Crippen LogP contribution in [0.15, 0.2) is 18.2 Å². The number of hydrogen-bond donors (Lipinski definition) is 1. The van der Waals surface area contributed by atoms with E-state index in [1.165, 1.54) is 4.90 Å². The molecule has 4 rings (SSSR count). The van der Waals surface area contributed by atoms with Crippen molar-refractivity contribution >= 4 is 35.2 Å². The highest BCUT2D eigenvalue weighted by atomic mass is 16.6. The zero-order chi connectivity index (χ0) is 31.3. The highest BCUT2D eigenvalue weighted by molar-refractivity contribution is 6.01. The lowest BCUT2D eigenvalue weighted by Gasteiger charge is -2.39. The second-order valence-electron chi connectivity index (χ2n) is 13.3. The van der Waals surface area contributed by atoms with Crippen LogP contribution in [0.25, 0.3) is 0 Å². The largest absolute Gasteiger partial charge is 0.482 e. The van der Waals surface area contributed by atoms with Gasteiger partial charge in [-0.05, 0) is 77.0 Å². The molecule has 43 heavy (non-hydrogen) atoms. The molecule has 2 heterocycles. The van der Waals surface area contributed by atoms with Crippen LogP contribution in [0.1, 0.15) is 66.7 Å². The minimum Gasteiger partial charge on any atom is -0.482 e. The summed E-state index contributed by atoms with van der Waals surface area (Å²) in [5.74, 6) is -0.513. The summed E-state index contributed by atoms with van der Waals surface area (Å²) in [7, 11) is 1.63. The number of methoxy groups -OCH3 is 1. The molecule has 2 atom stereocenters. The Morgan fingerprint density at radius 1 is 1.14 bits per heavy atom. The lowest BCUT2D eigenvalue weighted by atomic mass is 9.87. The predicted molar refractivity (Wildman–Crippen MR) is 163 cm³/mol. The third-order valence-electron chi connectivity index (χ3n) is 7.89. The Morgan fingerprint density at radius 2 is 1.86 bits per heavy atom. The summed E-state index contributed by atoms with van der Waals surface area (Å²) in [5, 5.41) is 3.01. The van der Waals surface area contributed by atoms with E-state index in [4.69, 9.17) is 14.2 Å². The Kier molecular flexibility index (Phi) is 10.6. The molecule has 2 fully saturated rings. The van der Waals surface area contributed by atoms with Crippen molar-refractivity contribution in [2.24, 2.45) is 17.8 Å². The van der Waals surface area contributed by atoms with E-state index in [1.54, 1.807) is 37.7 Å². The second-order valence-corrected chi connectivity index (χ2v) is 13.3. The highest BCUT2D eigenvalue weighted by Crippen LogP contribution is 2.40. The molecule has 0 unspecified atom stereocenters. The SMILES string of the molecule is COCCCN1C(=O)COc2ccc(N(C(=O)[C@H]3C[C@H](C(=O)NCCC(C)C)CN(C(=O)OC(C)(C)C)C3)C3CC3)cc21. The molecule has 0 spiro atoms. The zero-order valence-corrected chi connectivity index (χ0v) is 26.5. The van der Waals surface area contributed by atoms with E-state index in [2.05, 4.69) is 19.2 Å². The quantitative estimate of drug-likeness (QED) is 0.382. The predicted octanol–water partition coefficient (Wildman–Crippen LogP) is 3.98. The Bertz CT molecular complexity index is 1180. The van der Waals surface area contributed by atoms with Crippen LogP contribution in [0.2, 0.25) is 0 Å². The van der Waals surface area contributed by atoms with Gasteiger partial charge in [-0.15, -0.1) is 0 Å². The van der Waals surface area contributed by atoms with Crippen LogP contribution in [0, 0.1) is 17.8 Å². The van der Waals surface area contributed by atoms with Crippen LogP contribution in [0.4, 0.5) is 16.2 Å². The molecule has 238 valence electrons. The minimum absolute atomic E-state index is 0.0166. The van der Waals surface area contributed by atoms with Crippen molar-refractivity contribution in [1.29, 1.82) is 0 Å². The van der Waals surface area contributed by atoms with E-state index in [9.17, 15) is 19.2 Å². The van der Waals surface area contributed by atoms with Crippen molar-refractivity contribution in [2.45, 2.75) is 78.4 Å². The van der Waals surface area contributed by atoms with Crippen LogP contribution in [0.3, 0.4) is 0 Å². The van der Waals surface area contributed by atoms with Gasteiger partial charge in [-0.2, -0.15) is 0 Å². The fraction of sp³-hybridized carbons (Fsp3) is 0.688. The smallest absolute Gasteiger partial charge is 0.410 e. The summed E-state index contributed by atoms with van der Waals surface area (Å²) >= 11 is 0. The Labute approximate surface area is 255 Å². The molecule has 1 aromatic rings. The fourth-order valence-corrected chi connectivity index (χ4v) is 5.57. The van der Waals surface area contributed by atoms with E-state index in [1.807, 2.05) is 18.2 Å². The molecule has 11 heteroatoms. The molecule has 4 amide bonds. The first-order valence-electron chi connectivity index (χ1n) is 15.5. The number of benzene rings is 1. The van der Waals surface area contributed by atoms with E-state index in [-0.39, 0.29) is 43.5 Å². The third kappa shape index (κ3) is 8.61. The van der Waals surface area contributed by atoms with Gasteiger partial charge in [-0.3, -0.25) is 14.4 Å². The molecule has 1 N–H and O–H groups in total. The second kappa shape index (κ2) is 14.0. The molecule has 0 bridgehead atoms. The number of carbonyl (C=O) groups excluding carboxylic acids is 4. The summed E-state index contributed by atoms with van der Waals surface area (Å²) in [6.07, 6.45) is 3.04. The Hall–Kier alpha value is -3.34. The first-order valence-corrected chi connectivity index (χ1v) is 15.5. The van der Waals surface area contributed by atoms with Gasteiger partial charge in [0, 0.05) is 51.6 Å². The molecule has 2 aliphatic heterocycles. The van der Waals surface area contributed by atoms with Crippen LogP contribution in [0.5, 0.6) is 5.75 Å².